The molecule has 0 heterocycles. The van der Waals surface area contributed by atoms with Gasteiger partial charge in [-0.15, -0.1) is 0 Å². The maximum atomic E-state index is 10.3. The van der Waals surface area contributed by atoms with E-state index in [1.807, 2.05) is 13.0 Å². The summed E-state index contributed by atoms with van der Waals surface area (Å²) in [4.78, 5) is 20.1. The molecule has 0 bridgehead atoms. The van der Waals surface area contributed by atoms with Crippen LogP contribution in [-0.2, 0) is 9.53 Å². The van der Waals surface area contributed by atoms with Crippen molar-refractivity contribution >= 4 is 23.0 Å². The molecule has 0 saturated carbocycles. The molecule has 0 spiro atoms. The van der Waals surface area contributed by atoms with Crippen LogP contribution in [0.5, 0.6) is 5.75 Å². The van der Waals surface area contributed by atoms with Gasteiger partial charge in [-0.3, -0.25) is 0 Å². The number of hydrogen-bond acceptors (Lipinski definition) is 4. The summed E-state index contributed by atoms with van der Waals surface area (Å²) >= 11 is 5.00. The minimum atomic E-state index is -0.810. The Labute approximate surface area is 105 Å². The van der Waals surface area contributed by atoms with Gasteiger partial charge in [-0.1, -0.05) is 18.7 Å². The molecule has 0 aliphatic rings. The van der Waals surface area contributed by atoms with Gasteiger partial charge in [0.2, 0.25) is 0 Å². The van der Waals surface area contributed by atoms with Crippen molar-refractivity contribution in [1.29, 1.82) is 0 Å². The smallest absolute Gasteiger partial charge is 0.409 e. The van der Waals surface area contributed by atoms with Crippen LogP contribution in [0.3, 0.4) is 0 Å². The summed E-state index contributed by atoms with van der Waals surface area (Å²) in [6.45, 7) is 5.07. The normalized spacial score (nSPS) is 8.41. The summed E-state index contributed by atoms with van der Waals surface area (Å²) in [5, 5.41) is 0. The zero-order valence-corrected chi connectivity index (χ0v) is 10.4. The summed E-state index contributed by atoms with van der Waals surface area (Å²) in [5.41, 5.74) is 0.219. The second-order valence-electron chi connectivity index (χ2n) is 2.88. The van der Waals surface area contributed by atoms with Crippen molar-refractivity contribution in [3.8, 4) is 5.75 Å². The summed E-state index contributed by atoms with van der Waals surface area (Å²) in [5.74, 6) is 0.0833. The highest BCUT2D eigenvalue weighted by atomic mass is 35.5. The zero-order chi connectivity index (χ0) is 13.3. The highest BCUT2D eigenvalue weighted by Crippen LogP contribution is 2.13. The molecule has 0 atom stereocenters. The maximum absolute atomic E-state index is 10.3. The van der Waals surface area contributed by atoms with Crippen LogP contribution in [0.4, 0.5) is 4.79 Å². The molecule has 4 nitrogen and oxygen atoms in total. The van der Waals surface area contributed by atoms with E-state index in [9.17, 15) is 9.59 Å². The highest BCUT2D eigenvalue weighted by molar-refractivity contribution is 6.61. The van der Waals surface area contributed by atoms with Crippen LogP contribution in [-0.4, -0.2) is 18.5 Å². The first-order valence-corrected chi connectivity index (χ1v) is 5.01. The SMILES string of the molecule is C=CC(=O)OC.Cc1cccc(OC(=O)Cl)c1. The predicted octanol–water partition coefficient (Wildman–Crippen LogP) is 3.08. The summed E-state index contributed by atoms with van der Waals surface area (Å²) in [6.07, 6.45) is 1.11. The second kappa shape index (κ2) is 8.35. The minimum absolute atomic E-state index is 0.394. The average molecular weight is 257 g/mol. The molecule has 92 valence electrons. The van der Waals surface area contributed by atoms with Crippen molar-refractivity contribution in [2.75, 3.05) is 7.11 Å². The lowest BCUT2D eigenvalue weighted by Crippen LogP contribution is -1.95. The number of aryl methyl sites for hydroxylation is 1. The van der Waals surface area contributed by atoms with Gasteiger partial charge in [0.15, 0.2) is 0 Å². The molecule has 0 saturated heterocycles. The molecule has 17 heavy (non-hydrogen) atoms. The molecule has 0 fully saturated rings. The number of benzene rings is 1. The molecule has 0 N–H and O–H groups in total. The third kappa shape index (κ3) is 8.04. The van der Waals surface area contributed by atoms with E-state index in [0.29, 0.717) is 5.75 Å². The van der Waals surface area contributed by atoms with Gasteiger partial charge in [0.25, 0.3) is 0 Å². The lowest BCUT2D eigenvalue weighted by atomic mass is 10.2. The van der Waals surface area contributed by atoms with Crippen LogP contribution in [0.2, 0.25) is 0 Å². The molecule has 1 aromatic carbocycles. The van der Waals surface area contributed by atoms with E-state index in [-0.39, 0.29) is 0 Å². The molecule has 1 aromatic rings. The third-order valence-electron chi connectivity index (χ3n) is 1.56. The van der Waals surface area contributed by atoms with E-state index in [1.165, 1.54) is 7.11 Å². The topological polar surface area (TPSA) is 52.6 Å². The number of methoxy groups -OCH3 is 1. The summed E-state index contributed by atoms with van der Waals surface area (Å²) in [7, 11) is 1.31. The van der Waals surface area contributed by atoms with Crippen molar-refractivity contribution in [1.82, 2.24) is 0 Å². The molecule has 0 amide bonds. The molecule has 0 aliphatic carbocycles. The Bertz CT molecular complexity index is 401. The Balaban J connectivity index is 0.000000366. The monoisotopic (exact) mass is 256 g/mol. The van der Waals surface area contributed by atoms with Gasteiger partial charge in [-0.05, 0) is 24.6 Å². The van der Waals surface area contributed by atoms with Gasteiger partial charge in [0.05, 0.1) is 7.11 Å². The Morgan fingerprint density at radius 1 is 1.41 bits per heavy atom. The fourth-order valence-electron chi connectivity index (χ4n) is 0.855. The number of carbonyl (C=O) groups excluding carboxylic acids is 2. The maximum Gasteiger partial charge on any atom is 0.409 e. The number of halogens is 1. The lowest BCUT2D eigenvalue weighted by molar-refractivity contribution is -0.134. The van der Waals surface area contributed by atoms with Gasteiger partial charge < -0.3 is 9.47 Å². The lowest BCUT2D eigenvalue weighted by Gasteiger charge is -1.98. The standard InChI is InChI=1S/C8H7ClO2.C4H6O2/c1-6-3-2-4-7(5-6)11-8(9)10;1-3-4(5)6-2/h2-5H,1H3;3H,1H2,2H3. The van der Waals surface area contributed by atoms with E-state index in [2.05, 4.69) is 16.1 Å². The van der Waals surface area contributed by atoms with Gasteiger partial charge >= 0.3 is 11.4 Å². The first-order chi connectivity index (χ1) is 7.99. The van der Waals surface area contributed by atoms with Crippen LogP contribution in [0, 0.1) is 6.92 Å². The van der Waals surface area contributed by atoms with Crippen LogP contribution in [0.15, 0.2) is 36.9 Å². The van der Waals surface area contributed by atoms with Crippen molar-refractivity contribution in [3.63, 3.8) is 0 Å². The molecule has 0 unspecified atom stereocenters. The Kier molecular flexibility index (Phi) is 7.46. The van der Waals surface area contributed by atoms with E-state index in [4.69, 9.17) is 11.6 Å². The number of hydrogen-bond donors (Lipinski definition) is 0. The molecule has 0 aromatic heterocycles. The predicted molar refractivity (Wildman–Crippen MR) is 65.3 cm³/mol. The minimum Gasteiger partial charge on any atom is -0.466 e. The molecular formula is C12H13ClO4. The van der Waals surface area contributed by atoms with E-state index in [0.717, 1.165) is 11.6 Å². The van der Waals surface area contributed by atoms with Gasteiger partial charge in [-0.2, -0.15) is 0 Å². The largest absolute Gasteiger partial charge is 0.466 e. The fraction of sp³-hybridized carbons (Fsp3) is 0.167. The van der Waals surface area contributed by atoms with E-state index < -0.39 is 11.4 Å². The van der Waals surface area contributed by atoms with Gasteiger partial charge in [0.1, 0.15) is 5.75 Å². The Hall–Kier alpha value is -1.81. The van der Waals surface area contributed by atoms with Crippen molar-refractivity contribution in [2.24, 2.45) is 0 Å². The highest BCUT2D eigenvalue weighted by Gasteiger charge is 1.97. The van der Waals surface area contributed by atoms with Gasteiger partial charge in [0, 0.05) is 17.7 Å². The number of ether oxygens (including phenoxy) is 2. The van der Waals surface area contributed by atoms with Gasteiger partial charge in [-0.25, -0.2) is 9.59 Å². The number of carbonyl (C=O) groups is 2. The number of esters is 1. The molecular weight excluding hydrogens is 244 g/mol. The third-order valence-corrected chi connectivity index (χ3v) is 1.63. The van der Waals surface area contributed by atoms with E-state index >= 15 is 0 Å². The molecule has 0 aliphatic heterocycles. The fourth-order valence-corrected chi connectivity index (χ4v) is 0.944. The summed E-state index contributed by atoms with van der Waals surface area (Å²) < 4.78 is 8.76. The first kappa shape index (κ1) is 15.2. The second-order valence-corrected chi connectivity index (χ2v) is 3.19. The van der Waals surface area contributed by atoms with Crippen LogP contribution in [0.25, 0.3) is 0 Å². The van der Waals surface area contributed by atoms with Crippen molar-refractivity contribution < 1.29 is 19.1 Å². The Morgan fingerprint density at radius 3 is 2.41 bits per heavy atom. The first-order valence-electron chi connectivity index (χ1n) is 4.64. The van der Waals surface area contributed by atoms with Crippen LogP contribution in [0.1, 0.15) is 5.56 Å². The van der Waals surface area contributed by atoms with E-state index in [1.54, 1.807) is 18.2 Å². The van der Waals surface area contributed by atoms with Crippen molar-refractivity contribution in [3.05, 3.63) is 42.5 Å². The molecule has 1 rings (SSSR count). The average Bonchev–Trinajstić information content (AvgIpc) is 2.28. The molecule has 0 radical (unpaired) electrons. The zero-order valence-electron chi connectivity index (χ0n) is 9.60. The van der Waals surface area contributed by atoms with Crippen LogP contribution < -0.4 is 4.74 Å². The quantitative estimate of drug-likeness (QED) is 0.464. The van der Waals surface area contributed by atoms with Crippen molar-refractivity contribution in [2.45, 2.75) is 6.92 Å². The number of rotatable bonds is 2. The molecule has 5 heteroatoms. The Morgan fingerprint density at radius 2 is 2.06 bits per heavy atom. The van der Waals surface area contributed by atoms with Crippen LogP contribution >= 0.6 is 11.6 Å². The summed E-state index contributed by atoms with van der Waals surface area (Å²) in [6, 6.07) is 7.11.